The summed E-state index contributed by atoms with van der Waals surface area (Å²) in [5.41, 5.74) is 0.262. The highest BCUT2D eigenvalue weighted by Gasteiger charge is 2.19. The SMILES string of the molecule is CC(C)(C)c1ccc(CNC2CCC(O)CC2)s1. The molecule has 0 aromatic carbocycles. The first-order valence-corrected chi connectivity index (χ1v) is 7.77. The summed E-state index contributed by atoms with van der Waals surface area (Å²) in [5.74, 6) is 0. The van der Waals surface area contributed by atoms with Gasteiger partial charge < -0.3 is 10.4 Å². The van der Waals surface area contributed by atoms with Gasteiger partial charge in [-0.3, -0.25) is 0 Å². The smallest absolute Gasteiger partial charge is 0.0541 e. The first-order chi connectivity index (χ1) is 8.45. The van der Waals surface area contributed by atoms with Crippen molar-refractivity contribution in [2.45, 2.75) is 70.6 Å². The van der Waals surface area contributed by atoms with E-state index in [9.17, 15) is 5.11 Å². The molecule has 2 nitrogen and oxygen atoms in total. The number of aliphatic hydroxyl groups excluding tert-OH is 1. The Morgan fingerprint density at radius 2 is 1.89 bits per heavy atom. The second-order valence-corrected chi connectivity index (χ2v) is 7.57. The zero-order valence-electron chi connectivity index (χ0n) is 11.7. The van der Waals surface area contributed by atoms with Crippen LogP contribution in [0.1, 0.15) is 56.2 Å². The molecule has 0 aliphatic heterocycles. The van der Waals surface area contributed by atoms with Crippen LogP contribution in [-0.2, 0) is 12.0 Å². The minimum Gasteiger partial charge on any atom is -0.393 e. The molecule has 1 aromatic rings. The topological polar surface area (TPSA) is 32.3 Å². The van der Waals surface area contributed by atoms with Gasteiger partial charge in [-0.05, 0) is 43.2 Å². The molecule has 0 saturated heterocycles. The second-order valence-electron chi connectivity index (χ2n) is 6.40. The van der Waals surface area contributed by atoms with Gasteiger partial charge >= 0.3 is 0 Å². The summed E-state index contributed by atoms with van der Waals surface area (Å²) in [5, 5.41) is 13.1. The maximum atomic E-state index is 9.48. The van der Waals surface area contributed by atoms with E-state index in [2.05, 4.69) is 38.2 Å². The summed E-state index contributed by atoms with van der Waals surface area (Å²) in [6.07, 6.45) is 4.07. The second kappa shape index (κ2) is 5.72. The molecule has 18 heavy (non-hydrogen) atoms. The molecule has 0 unspecified atom stereocenters. The van der Waals surface area contributed by atoms with Crippen molar-refractivity contribution in [3.63, 3.8) is 0 Å². The fourth-order valence-corrected chi connectivity index (χ4v) is 3.42. The van der Waals surface area contributed by atoms with Gasteiger partial charge in [-0.2, -0.15) is 0 Å². The van der Waals surface area contributed by atoms with Gasteiger partial charge in [0.15, 0.2) is 0 Å². The van der Waals surface area contributed by atoms with Gasteiger partial charge in [-0.1, -0.05) is 20.8 Å². The van der Waals surface area contributed by atoms with E-state index >= 15 is 0 Å². The molecule has 0 spiro atoms. The third-order valence-electron chi connectivity index (χ3n) is 3.66. The molecule has 1 aliphatic carbocycles. The van der Waals surface area contributed by atoms with Crippen molar-refractivity contribution < 1.29 is 5.11 Å². The molecule has 0 atom stereocenters. The fraction of sp³-hybridized carbons (Fsp3) is 0.733. The molecule has 102 valence electrons. The Labute approximate surface area is 114 Å². The lowest BCUT2D eigenvalue weighted by molar-refractivity contribution is 0.116. The molecule has 1 aliphatic rings. The lowest BCUT2D eigenvalue weighted by Gasteiger charge is -2.26. The van der Waals surface area contributed by atoms with Gasteiger partial charge in [0, 0.05) is 22.3 Å². The van der Waals surface area contributed by atoms with Crippen LogP contribution < -0.4 is 5.32 Å². The lowest BCUT2D eigenvalue weighted by Crippen LogP contribution is -2.33. The van der Waals surface area contributed by atoms with Crippen LogP contribution in [-0.4, -0.2) is 17.3 Å². The van der Waals surface area contributed by atoms with E-state index in [0.717, 1.165) is 32.2 Å². The van der Waals surface area contributed by atoms with Crippen LogP contribution in [0, 0.1) is 0 Å². The molecule has 0 radical (unpaired) electrons. The highest BCUT2D eigenvalue weighted by Crippen LogP contribution is 2.29. The van der Waals surface area contributed by atoms with Crippen LogP contribution in [0.15, 0.2) is 12.1 Å². The van der Waals surface area contributed by atoms with E-state index in [1.54, 1.807) is 0 Å². The summed E-state index contributed by atoms with van der Waals surface area (Å²) in [7, 11) is 0. The van der Waals surface area contributed by atoms with E-state index in [0.29, 0.717) is 6.04 Å². The predicted octanol–water partition coefficient (Wildman–Crippen LogP) is 3.44. The van der Waals surface area contributed by atoms with Crippen molar-refractivity contribution in [3.8, 4) is 0 Å². The van der Waals surface area contributed by atoms with Crippen LogP contribution in [0.4, 0.5) is 0 Å². The highest BCUT2D eigenvalue weighted by atomic mass is 32.1. The van der Waals surface area contributed by atoms with Crippen molar-refractivity contribution in [3.05, 3.63) is 21.9 Å². The van der Waals surface area contributed by atoms with Crippen LogP contribution in [0.5, 0.6) is 0 Å². The van der Waals surface area contributed by atoms with Crippen LogP contribution in [0.25, 0.3) is 0 Å². The maximum absolute atomic E-state index is 9.48. The van der Waals surface area contributed by atoms with Crippen molar-refractivity contribution in [1.29, 1.82) is 0 Å². The molecule has 0 bridgehead atoms. The number of hydrogen-bond donors (Lipinski definition) is 2. The van der Waals surface area contributed by atoms with Gasteiger partial charge in [0.25, 0.3) is 0 Å². The predicted molar refractivity (Wildman–Crippen MR) is 78.1 cm³/mol. The molecule has 3 heteroatoms. The van der Waals surface area contributed by atoms with Gasteiger partial charge in [0.2, 0.25) is 0 Å². The van der Waals surface area contributed by atoms with Crippen molar-refractivity contribution in [1.82, 2.24) is 5.32 Å². The molecule has 1 aromatic heterocycles. The van der Waals surface area contributed by atoms with Gasteiger partial charge in [-0.15, -0.1) is 11.3 Å². The number of rotatable bonds is 3. The number of hydrogen-bond acceptors (Lipinski definition) is 3. The first-order valence-electron chi connectivity index (χ1n) is 6.96. The summed E-state index contributed by atoms with van der Waals surface area (Å²) in [6.45, 7) is 7.76. The van der Waals surface area contributed by atoms with Gasteiger partial charge in [-0.25, -0.2) is 0 Å². The van der Waals surface area contributed by atoms with Crippen LogP contribution in [0.3, 0.4) is 0 Å². The van der Waals surface area contributed by atoms with E-state index in [1.807, 2.05) is 11.3 Å². The minimum absolute atomic E-state index is 0.0581. The third kappa shape index (κ3) is 3.81. The largest absolute Gasteiger partial charge is 0.393 e. The summed E-state index contributed by atoms with van der Waals surface area (Å²) >= 11 is 1.92. The maximum Gasteiger partial charge on any atom is 0.0541 e. The molecule has 1 saturated carbocycles. The molecule has 1 fully saturated rings. The Balaban J connectivity index is 1.82. The first kappa shape index (κ1) is 14.0. The Kier molecular flexibility index (Phi) is 4.46. The Morgan fingerprint density at radius 3 is 2.44 bits per heavy atom. The minimum atomic E-state index is -0.0581. The lowest BCUT2D eigenvalue weighted by atomic mass is 9.93. The van der Waals surface area contributed by atoms with Crippen LogP contribution in [0.2, 0.25) is 0 Å². The highest BCUT2D eigenvalue weighted by molar-refractivity contribution is 7.12. The van der Waals surface area contributed by atoms with Crippen molar-refractivity contribution in [2.75, 3.05) is 0 Å². The summed E-state index contributed by atoms with van der Waals surface area (Å²) in [4.78, 5) is 2.88. The molecular formula is C15H25NOS. The normalized spacial score (nSPS) is 25.3. The average Bonchev–Trinajstić information content (AvgIpc) is 2.77. The molecule has 1 heterocycles. The molecular weight excluding hydrogens is 242 g/mol. The standard InChI is InChI=1S/C15H25NOS/c1-15(2,3)14-9-8-13(18-14)10-16-11-4-6-12(17)7-5-11/h8-9,11-12,16-17H,4-7,10H2,1-3H3. The summed E-state index contributed by atoms with van der Waals surface area (Å²) < 4.78 is 0. The van der Waals surface area contributed by atoms with Crippen LogP contribution >= 0.6 is 11.3 Å². The van der Waals surface area contributed by atoms with Gasteiger partial charge in [0.05, 0.1) is 6.10 Å². The molecule has 0 amide bonds. The number of nitrogens with one attached hydrogen (secondary N) is 1. The summed E-state index contributed by atoms with van der Waals surface area (Å²) in [6, 6.07) is 5.09. The number of thiophene rings is 1. The number of aliphatic hydroxyl groups is 1. The Morgan fingerprint density at radius 1 is 1.22 bits per heavy atom. The monoisotopic (exact) mass is 267 g/mol. The third-order valence-corrected chi connectivity index (χ3v) is 5.17. The van der Waals surface area contributed by atoms with E-state index in [-0.39, 0.29) is 11.5 Å². The molecule has 2 N–H and O–H groups in total. The zero-order valence-corrected chi connectivity index (χ0v) is 12.5. The van der Waals surface area contributed by atoms with E-state index < -0.39 is 0 Å². The average molecular weight is 267 g/mol. The van der Waals surface area contributed by atoms with E-state index in [4.69, 9.17) is 0 Å². The van der Waals surface area contributed by atoms with Crippen molar-refractivity contribution >= 4 is 11.3 Å². The zero-order chi connectivity index (χ0) is 13.2. The quantitative estimate of drug-likeness (QED) is 0.879. The van der Waals surface area contributed by atoms with E-state index in [1.165, 1.54) is 9.75 Å². The van der Waals surface area contributed by atoms with Crippen molar-refractivity contribution in [2.24, 2.45) is 0 Å². The van der Waals surface area contributed by atoms with Gasteiger partial charge in [0.1, 0.15) is 0 Å². The Bertz CT molecular complexity index is 372. The Hall–Kier alpha value is -0.380. The molecule has 2 rings (SSSR count). The fourth-order valence-electron chi connectivity index (χ4n) is 2.40.